The maximum atomic E-state index is 14.0. The minimum Gasteiger partial charge on any atom is -0.378 e. The van der Waals surface area contributed by atoms with Crippen LogP contribution in [0.15, 0.2) is 53.7 Å². The lowest BCUT2D eigenvalue weighted by molar-refractivity contribution is -0.120. The van der Waals surface area contributed by atoms with E-state index in [4.69, 9.17) is 4.74 Å². The number of hydrogen-bond acceptors (Lipinski definition) is 6. The number of aromatic nitrogens is 3. The van der Waals surface area contributed by atoms with Crippen LogP contribution in [0.25, 0.3) is 5.69 Å². The monoisotopic (exact) mass is 459 g/mol. The molecule has 1 aliphatic rings. The lowest BCUT2D eigenvalue weighted by Gasteiger charge is -2.28. The number of nitrogens with one attached hydrogen (secondary N) is 1. The molecule has 168 valence electrons. The van der Waals surface area contributed by atoms with E-state index in [9.17, 15) is 13.6 Å². The third-order valence-corrected chi connectivity index (χ3v) is 6.05. The topological polar surface area (TPSA) is 72.3 Å². The number of anilines is 1. The number of carbonyl (C=O) groups is 1. The van der Waals surface area contributed by atoms with Crippen molar-refractivity contribution in [2.24, 2.45) is 0 Å². The minimum atomic E-state index is -0.482. The van der Waals surface area contributed by atoms with Gasteiger partial charge in [0, 0.05) is 19.6 Å². The molecule has 0 saturated carbocycles. The molecule has 2 aromatic carbocycles. The van der Waals surface area contributed by atoms with Crippen LogP contribution in [0.3, 0.4) is 0 Å². The van der Waals surface area contributed by atoms with E-state index in [1.54, 1.807) is 35.8 Å². The largest absolute Gasteiger partial charge is 0.378 e. The summed E-state index contributed by atoms with van der Waals surface area (Å²) in [5.41, 5.74) is 1.38. The molecule has 0 bridgehead atoms. The third-order valence-electron chi connectivity index (χ3n) is 5.01. The predicted molar refractivity (Wildman–Crippen MR) is 118 cm³/mol. The van der Waals surface area contributed by atoms with Crippen molar-refractivity contribution in [2.45, 2.75) is 23.9 Å². The predicted octanol–water partition coefficient (Wildman–Crippen LogP) is 3.18. The number of benzene rings is 2. The van der Waals surface area contributed by atoms with Crippen LogP contribution in [0.4, 0.5) is 14.7 Å². The zero-order chi connectivity index (χ0) is 22.5. The number of carbonyl (C=O) groups excluding carboxylic acids is 1. The molecule has 1 atom stereocenters. The number of ether oxygens (including phenoxy) is 1. The molecule has 10 heteroatoms. The molecule has 0 radical (unpaired) electrons. The van der Waals surface area contributed by atoms with E-state index in [2.05, 4.69) is 15.5 Å². The molecule has 1 saturated heterocycles. The van der Waals surface area contributed by atoms with Gasteiger partial charge in [-0.2, -0.15) is 0 Å². The highest BCUT2D eigenvalue weighted by molar-refractivity contribution is 8.00. The Morgan fingerprint density at radius 1 is 1.12 bits per heavy atom. The van der Waals surface area contributed by atoms with Crippen molar-refractivity contribution in [3.63, 3.8) is 0 Å². The summed E-state index contributed by atoms with van der Waals surface area (Å²) in [6.45, 7) is 4.49. The van der Waals surface area contributed by atoms with Crippen LogP contribution in [-0.4, -0.2) is 52.2 Å². The number of morpholine rings is 1. The van der Waals surface area contributed by atoms with Crippen molar-refractivity contribution >= 4 is 23.6 Å². The second-order valence-corrected chi connectivity index (χ2v) is 8.61. The molecule has 2 heterocycles. The van der Waals surface area contributed by atoms with Crippen LogP contribution in [0.1, 0.15) is 12.5 Å². The van der Waals surface area contributed by atoms with Crippen LogP contribution >= 0.6 is 11.8 Å². The summed E-state index contributed by atoms with van der Waals surface area (Å²) in [5.74, 6) is -0.303. The standard InChI is InChI=1S/C22H23F2N5O2S/c1-15(20(30)25-14-16-5-7-17(23)8-6-16)32-22-27-26-21(28-9-11-31-12-10-28)29(22)19-4-2-3-18(24)13-19/h2-8,13,15H,9-12,14H2,1H3,(H,25,30). The van der Waals surface area contributed by atoms with E-state index in [-0.39, 0.29) is 17.5 Å². The van der Waals surface area contributed by atoms with Gasteiger partial charge in [0.05, 0.1) is 24.2 Å². The van der Waals surface area contributed by atoms with Crippen molar-refractivity contribution in [3.8, 4) is 5.69 Å². The van der Waals surface area contributed by atoms with Crippen LogP contribution in [0.2, 0.25) is 0 Å². The smallest absolute Gasteiger partial charge is 0.233 e. The zero-order valence-electron chi connectivity index (χ0n) is 17.5. The Labute approximate surface area is 188 Å². The van der Waals surface area contributed by atoms with Gasteiger partial charge in [-0.3, -0.25) is 9.36 Å². The summed E-state index contributed by atoms with van der Waals surface area (Å²) in [4.78, 5) is 14.7. The van der Waals surface area contributed by atoms with Gasteiger partial charge in [-0.25, -0.2) is 8.78 Å². The number of nitrogens with zero attached hydrogens (tertiary/aromatic N) is 4. The van der Waals surface area contributed by atoms with Gasteiger partial charge in [-0.15, -0.1) is 10.2 Å². The minimum absolute atomic E-state index is 0.193. The molecule has 32 heavy (non-hydrogen) atoms. The van der Waals surface area contributed by atoms with Gasteiger partial charge in [0.25, 0.3) is 0 Å². The highest BCUT2D eigenvalue weighted by Gasteiger charge is 2.25. The Bertz CT molecular complexity index is 1070. The molecular weight excluding hydrogens is 436 g/mol. The van der Waals surface area contributed by atoms with Gasteiger partial charge < -0.3 is 15.0 Å². The summed E-state index contributed by atoms with van der Waals surface area (Å²) in [6, 6.07) is 12.2. The maximum absolute atomic E-state index is 14.0. The maximum Gasteiger partial charge on any atom is 0.233 e. The number of thioether (sulfide) groups is 1. The Morgan fingerprint density at radius 3 is 2.59 bits per heavy atom. The van der Waals surface area contributed by atoms with Crippen molar-refractivity contribution in [2.75, 3.05) is 31.2 Å². The summed E-state index contributed by atoms with van der Waals surface area (Å²) in [6.07, 6.45) is 0. The Morgan fingerprint density at radius 2 is 1.88 bits per heavy atom. The lowest BCUT2D eigenvalue weighted by atomic mass is 10.2. The fourth-order valence-electron chi connectivity index (χ4n) is 3.29. The first-order chi connectivity index (χ1) is 15.5. The second-order valence-electron chi connectivity index (χ2n) is 7.30. The van der Waals surface area contributed by atoms with E-state index >= 15 is 0 Å². The molecule has 1 aliphatic heterocycles. The molecule has 1 N–H and O–H groups in total. The number of hydrogen-bond donors (Lipinski definition) is 1. The van der Waals surface area contributed by atoms with E-state index in [0.29, 0.717) is 49.6 Å². The number of halogens is 2. The van der Waals surface area contributed by atoms with E-state index in [1.165, 1.54) is 36.0 Å². The molecule has 1 fully saturated rings. The Balaban J connectivity index is 1.52. The molecule has 4 rings (SSSR count). The zero-order valence-corrected chi connectivity index (χ0v) is 18.3. The van der Waals surface area contributed by atoms with Crippen LogP contribution in [0, 0.1) is 11.6 Å². The third kappa shape index (κ3) is 5.25. The van der Waals surface area contributed by atoms with E-state index < -0.39 is 5.25 Å². The summed E-state index contributed by atoms with van der Waals surface area (Å²) in [5, 5.41) is 11.5. The highest BCUT2D eigenvalue weighted by Crippen LogP contribution is 2.30. The van der Waals surface area contributed by atoms with Crippen molar-refractivity contribution in [3.05, 3.63) is 65.7 Å². The first-order valence-electron chi connectivity index (χ1n) is 10.2. The van der Waals surface area contributed by atoms with Gasteiger partial charge in [-0.05, 0) is 42.8 Å². The van der Waals surface area contributed by atoms with Gasteiger partial charge in [-0.1, -0.05) is 30.0 Å². The molecule has 0 spiro atoms. The van der Waals surface area contributed by atoms with Gasteiger partial charge in [0.2, 0.25) is 11.9 Å². The first kappa shape index (κ1) is 22.2. The van der Waals surface area contributed by atoms with E-state index in [1.807, 2.05) is 4.90 Å². The summed E-state index contributed by atoms with van der Waals surface area (Å²) in [7, 11) is 0. The molecular formula is C22H23F2N5O2S. The Kier molecular flexibility index (Phi) is 7.01. The molecule has 1 aromatic heterocycles. The average molecular weight is 460 g/mol. The highest BCUT2D eigenvalue weighted by atomic mass is 32.2. The van der Waals surface area contributed by atoms with E-state index in [0.717, 1.165) is 5.56 Å². The first-order valence-corrected chi connectivity index (χ1v) is 11.1. The number of rotatable bonds is 7. The van der Waals surface area contributed by atoms with Gasteiger partial charge in [0.1, 0.15) is 11.6 Å². The Hall–Kier alpha value is -2.98. The quantitative estimate of drug-likeness (QED) is 0.548. The van der Waals surface area contributed by atoms with Gasteiger partial charge >= 0.3 is 0 Å². The number of amides is 1. The van der Waals surface area contributed by atoms with Crippen LogP contribution in [0.5, 0.6) is 0 Å². The molecule has 0 aliphatic carbocycles. The second kappa shape index (κ2) is 10.1. The summed E-state index contributed by atoms with van der Waals surface area (Å²) < 4.78 is 34.2. The molecule has 1 amide bonds. The molecule has 3 aromatic rings. The summed E-state index contributed by atoms with van der Waals surface area (Å²) >= 11 is 1.24. The molecule has 7 nitrogen and oxygen atoms in total. The van der Waals surface area contributed by atoms with Crippen molar-refractivity contribution in [1.29, 1.82) is 0 Å². The normalized spacial score (nSPS) is 14.9. The van der Waals surface area contributed by atoms with Crippen LogP contribution in [-0.2, 0) is 16.1 Å². The van der Waals surface area contributed by atoms with Crippen LogP contribution < -0.4 is 10.2 Å². The lowest BCUT2D eigenvalue weighted by Crippen LogP contribution is -2.38. The fraction of sp³-hybridized carbons (Fsp3) is 0.318. The SMILES string of the molecule is CC(Sc1nnc(N2CCOCC2)n1-c1cccc(F)c1)C(=O)NCc1ccc(F)cc1. The van der Waals surface area contributed by atoms with Gasteiger partial charge in [0.15, 0.2) is 5.16 Å². The molecule has 1 unspecified atom stereocenters. The van der Waals surface area contributed by atoms with Crippen molar-refractivity contribution in [1.82, 2.24) is 20.1 Å². The van der Waals surface area contributed by atoms with Crippen molar-refractivity contribution < 1.29 is 18.3 Å². The average Bonchev–Trinajstić information content (AvgIpc) is 3.22. The fourth-order valence-corrected chi connectivity index (χ4v) is 4.18.